The van der Waals surface area contributed by atoms with Gasteiger partial charge in [0.15, 0.2) is 17.5 Å². The van der Waals surface area contributed by atoms with E-state index in [1.165, 1.54) is 32.3 Å². The Kier molecular flexibility index (Phi) is 8.13. The minimum absolute atomic E-state index is 0.608. The van der Waals surface area contributed by atoms with Gasteiger partial charge in [-0.1, -0.05) is 188 Å². The SMILES string of the molecule is c1ccc(-c2nc(-c3cc(-c4ccccc4)c(-n4c5cc6ccccc6cc5c5c6ccccc6ccc54)c(-c4ccccc4)c3)nc(-c3cccc4ccccc34)n2)cc1. The van der Waals surface area contributed by atoms with Gasteiger partial charge < -0.3 is 4.57 Å². The van der Waals surface area contributed by atoms with Gasteiger partial charge in [-0.25, -0.2) is 15.0 Å². The summed E-state index contributed by atoms with van der Waals surface area (Å²) in [5.74, 6) is 1.87. The molecule has 2 heterocycles. The maximum absolute atomic E-state index is 5.35. The Morgan fingerprint density at radius 2 is 0.770 bits per heavy atom. The Balaban J connectivity index is 1.22. The second kappa shape index (κ2) is 14.3. The van der Waals surface area contributed by atoms with Crippen LogP contribution >= 0.6 is 0 Å². The number of benzene rings is 10. The molecule has 10 aromatic carbocycles. The van der Waals surface area contributed by atoms with Crippen LogP contribution in [-0.4, -0.2) is 19.5 Å². The molecular formula is C57H36N4. The van der Waals surface area contributed by atoms with E-state index in [1.807, 2.05) is 18.2 Å². The van der Waals surface area contributed by atoms with Crippen LogP contribution in [0.4, 0.5) is 0 Å². The van der Waals surface area contributed by atoms with Crippen molar-refractivity contribution in [2.24, 2.45) is 0 Å². The molecule has 0 atom stereocenters. The molecular weight excluding hydrogens is 741 g/mol. The second-order valence-electron chi connectivity index (χ2n) is 15.6. The van der Waals surface area contributed by atoms with Crippen LogP contribution in [0.15, 0.2) is 218 Å². The molecule has 0 spiro atoms. The van der Waals surface area contributed by atoms with E-state index < -0.39 is 0 Å². The lowest BCUT2D eigenvalue weighted by molar-refractivity contribution is 1.08. The quantitative estimate of drug-likeness (QED) is 0.169. The van der Waals surface area contributed by atoms with Crippen molar-refractivity contribution in [2.75, 3.05) is 0 Å². The summed E-state index contributed by atoms with van der Waals surface area (Å²) in [6, 6.07) is 77.7. The molecule has 12 rings (SSSR count). The van der Waals surface area contributed by atoms with Crippen LogP contribution in [0.1, 0.15) is 0 Å². The third-order valence-electron chi connectivity index (χ3n) is 12.0. The topological polar surface area (TPSA) is 43.6 Å². The zero-order chi connectivity index (χ0) is 40.3. The van der Waals surface area contributed by atoms with Crippen molar-refractivity contribution >= 4 is 54.1 Å². The molecule has 0 saturated heterocycles. The molecule has 0 N–H and O–H groups in total. The van der Waals surface area contributed by atoms with Gasteiger partial charge in [-0.15, -0.1) is 0 Å². The summed E-state index contributed by atoms with van der Waals surface area (Å²) in [5, 5.41) is 9.56. The predicted molar refractivity (Wildman–Crippen MR) is 254 cm³/mol. The first-order valence-electron chi connectivity index (χ1n) is 20.7. The fraction of sp³-hybridized carbons (Fsp3) is 0. The number of aromatic nitrogens is 4. The second-order valence-corrected chi connectivity index (χ2v) is 15.6. The lowest BCUT2D eigenvalue weighted by atomic mass is 9.92. The van der Waals surface area contributed by atoms with Crippen LogP contribution in [0.5, 0.6) is 0 Å². The van der Waals surface area contributed by atoms with Crippen molar-refractivity contribution < 1.29 is 0 Å². The summed E-state index contributed by atoms with van der Waals surface area (Å²) >= 11 is 0. The highest BCUT2D eigenvalue weighted by Gasteiger charge is 2.24. The number of rotatable bonds is 6. The van der Waals surface area contributed by atoms with Gasteiger partial charge in [0.25, 0.3) is 0 Å². The molecule has 0 radical (unpaired) electrons. The van der Waals surface area contributed by atoms with Crippen LogP contribution in [0.2, 0.25) is 0 Å². The lowest BCUT2D eigenvalue weighted by Crippen LogP contribution is -2.04. The van der Waals surface area contributed by atoms with E-state index in [-0.39, 0.29) is 0 Å². The van der Waals surface area contributed by atoms with Crippen LogP contribution in [-0.2, 0) is 0 Å². The number of fused-ring (bicyclic) bond motifs is 7. The zero-order valence-electron chi connectivity index (χ0n) is 33.1. The number of hydrogen-bond donors (Lipinski definition) is 0. The maximum atomic E-state index is 5.35. The van der Waals surface area contributed by atoms with Gasteiger partial charge in [0, 0.05) is 38.6 Å². The minimum Gasteiger partial charge on any atom is -0.308 e. The summed E-state index contributed by atoms with van der Waals surface area (Å²) in [6.07, 6.45) is 0. The Morgan fingerprint density at radius 1 is 0.279 bits per heavy atom. The van der Waals surface area contributed by atoms with Crippen LogP contribution in [0.3, 0.4) is 0 Å². The third kappa shape index (κ3) is 5.88. The third-order valence-corrected chi connectivity index (χ3v) is 12.0. The standard InChI is InChI=1S/C57H36N4/c1-4-17-38(18-5-1)48-34-44(56-58-55(41-23-8-3-9-24-41)59-57(60-56)47-30-16-27-37-21-12-14-28-45(37)47)35-49(39-19-6-2-7-20-39)54(48)61-51-32-31-40-22-13-15-29-46(40)53(51)50-33-42-25-10-11-26-43(42)36-52(50)61/h1-36H. The van der Waals surface area contributed by atoms with Crippen molar-refractivity contribution in [3.05, 3.63) is 218 Å². The largest absolute Gasteiger partial charge is 0.308 e. The van der Waals surface area contributed by atoms with Crippen molar-refractivity contribution in [2.45, 2.75) is 0 Å². The van der Waals surface area contributed by atoms with Crippen LogP contribution in [0, 0.1) is 0 Å². The molecule has 12 aromatic rings. The highest BCUT2D eigenvalue weighted by atomic mass is 15.0. The normalized spacial score (nSPS) is 11.6. The molecule has 0 fully saturated rings. The monoisotopic (exact) mass is 776 g/mol. The summed E-state index contributed by atoms with van der Waals surface area (Å²) in [5.41, 5.74) is 10.5. The summed E-state index contributed by atoms with van der Waals surface area (Å²) < 4.78 is 2.50. The molecule has 4 heteroatoms. The van der Waals surface area contributed by atoms with Crippen LogP contribution < -0.4 is 0 Å². The first-order valence-corrected chi connectivity index (χ1v) is 20.7. The fourth-order valence-electron chi connectivity index (χ4n) is 9.16. The smallest absolute Gasteiger partial charge is 0.164 e. The molecule has 2 aromatic heterocycles. The lowest BCUT2D eigenvalue weighted by Gasteiger charge is -2.21. The molecule has 0 aliphatic heterocycles. The number of nitrogens with zero attached hydrogens (tertiary/aromatic N) is 4. The van der Waals surface area contributed by atoms with Crippen molar-refractivity contribution in [3.63, 3.8) is 0 Å². The summed E-state index contributed by atoms with van der Waals surface area (Å²) in [6.45, 7) is 0. The molecule has 0 aliphatic rings. The Hall–Kier alpha value is -8.21. The summed E-state index contributed by atoms with van der Waals surface area (Å²) in [4.78, 5) is 15.8. The van der Waals surface area contributed by atoms with Gasteiger partial charge in [0.05, 0.1) is 16.7 Å². The predicted octanol–water partition coefficient (Wildman–Crippen LogP) is 14.8. The van der Waals surface area contributed by atoms with E-state index in [0.717, 1.165) is 66.4 Å². The van der Waals surface area contributed by atoms with Crippen LogP contribution in [0.25, 0.3) is 116 Å². The first-order chi connectivity index (χ1) is 30.2. The molecule has 0 saturated carbocycles. The molecule has 0 unspecified atom stereocenters. The van der Waals surface area contributed by atoms with Crippen molar-refractivity contribution in [1.29, 1.82) is 0 Å². The molecule has 0 amide bonds. The van der Waals surface area contributed by atoms with E-state index in [1.54, 1.807) is 0 Å². The van der Waals surface area contributed by atoms with Gasteiger partial charge in [-0.3, -0.25) is 0 Å². The van der Waals surface area contributed by atoms with Gasteiger partial charge in [0.2, 0.25) is 0 Å². The first kappa shape index (κ1) is 34.8. The van der Waals surface area contributed by atoms with E-state index in [4.69, 9.17) is 15.0 Å². The Labute approximate surface area is 352 Å². The fourth-order valence-corrected chi connectivity index (χ4v) is 9.16. The average molecular weight is 777 g/mol. The Morgan fingerprint density at radius 3 is 1.43 bits per heavy atom. The zero-order valence-corrected chi connectivity index (χ0v) is 33.1. The molecule has 0 aliphatic carbocycles. The highest BCUT2D eigenvalue weighted by Crippen LogP contribution is 2.46. The molecule has 61 heavy (non-hydrogen) atoms. The number of hydrogen-bond acceptors (Lipinski definition) is 3. The van der Waals surface area contributed by atoms with Crippen molar-refractivity contribution in [3.8, 4) is 62.1 Å². The summed E-state index contributed by atoms with van der Waals surface area (Å²) in [7, 11) is 0. The average Bonchev–Trinajstić information content (AvgIpc) is 3.66. The molecule has 284 valence electrons. The van der Waals surface area contributed by atoms with Gasteiger partial charge >= 0.3 is 0 Å². The van der Waals surface area contributed by atoms with E-state index >= 15 is 0 Å². The van der Waals surface area contributed by atoms with E-state index in [0.29, 0.717) is 17.5 Å². The highest BCUT2D eigenvalue weighted by molar-refractivity contribution is 6.23. The van der Waals surface area contributed by atoms with Gasteiger partial charge in [0.1, 0.15) is 0 Å². The minimum atomic E-state index is 0.608. The van der Waals surface area contributed by atoms with Gasteiger partial charge in [-0.2, -0.15) is 0 Å². The maximum Gasteiger partial charge on any atom is 0.164 e. The van der Waals surface area contributed by atoms with E-state index in [2.05, 4.69) is 205 Å². The molecule has 0 bridgehead atoms. The van der Waals surface area contributed by atoms with E-state index in [9.17, 15) is 0 Å². The van der Waals surface area contributed by atoms with Crippen molar-refractivity contribution in [1.82, 2.24) is 19.5 Å². The Bertz CT molecular complexity index is 3560. The molecule has 4 nitrogen and oxygen atoms in total. The van der Waals surface area contributed by atoms with Gasteiger partial charge in [-0.05, 0) is 73.8 Å².